The minimum atomic E-state index is -3.19. The van der Waals surface area contributed by atoms with Crippen molar-refractivity contribution in [2.24, 2.45) is 0 Å². The largest absolute Gasteiger partial charge is 0.305 e. The first-order valence-electron chi connectivity index (χ1n) is 5.82. The molecule has 3 nitrogen and oxygen atoms in total. The maximum absolute atomic E-state index is 13.6. The van der Waals surface area contributed by atoms with E-state index in [4.69, 9.17) is 0 Å². The molecule has 0 saturated carbocycles. The predicted octanol–water partition coefficient (Wildman–Crippen LogP) is 1.80. The smallest absolute Gasteiger partial charge is 0.153 e. The lowest BCUT2D eigenvalue weighted by Crippen LogP contribution is -2.47. The van der Waals surface area contributed by atoms with Crippen LogP contribution in [0.15, 0.2) is 18.2 Å². The second-order valence-electron chi connectivity index (χ2n) is 4.57. The van der Waals surface area contributed by atoms with Crippen molar-refractivity contribution < 1.29 is 17.2 Å². The van der Waals surface area contributed by atoms with E-state index >= 15 is 0 Å². The average molecular weight is 275 g/mol. The Morgan fingerprint density at radius 2 is 2.06 bits per heavy atom. The van der Waals surface area contributed by atoms with Crippen molar-refractivity contribution in [2.75, 3.05) is 11.5 Å². The van der Waals surface area contributed by atoms with Crippen LogP contribution >= 0.6 is 0 Å². The molecule has 1 aromatic rings. The second-order valence-corrected chi connectivity index (χ2v) is 6.72. The van der Waals surface area contributed by atoms with Crippen molar-refractivity contribution >= 4 is 9.84 Å². The summed E-state index contributed by atoms with van der Waals surface area (Å²) in [5.74, 6) is -1.45. The van der Waals surface area contributed by atoms with Crippen LogP contribution < -0.4 is 5.32 Å². The number of hydrogen-bond donors (Lipinski definition) is 1. The van der Waals surface area contributed by atoms with E-state index < -0.39 is 27.5 Å². The number of nitrogens with one attached hydrogen (secondary N) is 1. The molecule has 1 aliphatic rings. The molecule has 1 saturated heterocycles. The van der Waals surface area contributed by atoms with Gasteiger partial charge in [0.05, 0.1) is 11.5 Å². The third-order valence-corrected chi connectivity index (χ3v) is 4.89. The molecule has 0 aliphatic carbocycles. The predicted molar refractivity (Wildman–Crippen MR) is 65.0 cm³/mol. The Bertz CT molecular complexity index is 545. The van der Waals surface area contributed by atoms with Gasteiger partial charge < -0.3 is 5.32 Å². The number of halogens is 2. The zero-order valence-electron chi connectivity index (χ0n) is 9.99. The maximum atomic E-state index is 13.6. The van der Waals surface area contributed by atoms with E-state index in [0.29, 0.717) is 6.42 Å². The Hall–Kier alpha value is -1.01. The average Bonchev–Trinajstić information content (AvgIpc) is 2.26. The molecule has 0 radical (unpaired) electrons. The minimum Gasteiger partial charge on any atom is -0.305 e. The highest BCUT2D eigenvalue weighted by Gasteiger charge is 2.32. The van der Waals surface area contributed by atoms with Gasteiger partial charge in [-0.1, -0.05) is 13.0 Å². The molecule has 1 fully saturated rings. The number of hydrogen-bond acceptors (Lipinski definition) is 3. The summed E-state index contributed by atoms with van der Waals surface area (Å²) >= 11 is 0. The number of benzene rings is 1. The molecule has 100 valence electrons. The van der Waals surface area contributed by atoms with Crippen molar-refractivity contribution in [2.45, 2.75) is 25.4 Å². The van der Waals surface area contributed by atoms with Crippen LogP contribution in [0.4, 0.5) is 8.78 Å². The Morgan fingerprint density at radius 1 is 1.33 bits per heavy atom. The van der Waals surface area contributed by atoms with E-state index in [2.05, 4.69) is 5.32 Å². The monoisotopic (exact) mass is 275 g/mol. The van der Waals surface area contributed by atoms with Crippen LogP contribution in [0.2, 0.25) is 0 Å². The summed E-state index contributed by atoms with van der Waals surface area (Å²) in [5.41, 5.74) is 0.207. The van der Waals surface area contributed by atoms with Crippen molar-refractivity contribution in [3.63, 3.8) is 0 Å². The fraction of sp³-hybridized carbons (Fsp3) is 0.500. The molecular weight excluding hydrogens is 260 g/mol. The van der Waals surface area contributed by atoms with Gasteiger partial charge in [0.25, 0.3) is 0 Å². The summed E-state index contributed by atoms with van der Waals surface area (Å²) in [4.78, 5) is 0. The molecule has 0 spiro atoms. The van der Waals surface area contributed by atoms with Crippen LogP contribution in [0.3, 0.4) is 0 Å². The Morgan fingerprint density at radius 3 is 2.67 bits per heavy atom. The molecule has 1 aromatic carbocycles. The van der Waals surface area contributed by atoms with Crippen LogP contribution in [-0.4, -0.2) is 26.0 Å². The number of rotatable bonds is 2. The molecule has 1 heterocycles. The number of sulfone groups is 1. The molecule has 18 heavy (non-hydrogen) atoms. The molecule has 2 rings (SSSR count). The summed E-state index contributed by atoms with van der Waals surface area (Å²) in [6, 6.07) is 2.43. The molecule has 6 heteroatoms. The second kappa shape index (κ2) is 4.93. The third kappa shape index (κ3) is 2.87. The van der Waals surface area contributed by atoms with E-state index in [0.717, 1.165) is 12.1 Å². The third-order valence-electron chi connectivity index (χ3n) is 3.14. The van der Waals surface area contributed by atoms with Crippen LogP contribution in [0.5, 0.6) is 0 Å². The fourth-order valence-electron chi connectivity index (χ4n) is 2.21. The highest BCUT2D eigenvalue weighted by atomic mass is 32.2. The standard InChI is InChI=1S/C12H15F2NO2S/c1-2-9-6-18(16,17)7-12(15-9)10-4-3-8(13)5-11(10)14/h3-5,9,12,15H,2,6-7H2,1H3. The first-order valence-corrected chi connectivity index (χ1v) is 7.65. The quantitative estimate of drug-likeness (QED) is 0.895. The highest BCUT2D eigenvalue weighted by Crippen LogP contribution is 2.24. The summed E-state index contributed by atoms with van der Waals surface area (Å²) in [7, 11) is -3.19. The van der Waals surface area contributed by atoms with Crippen molar-refractivity contribution in [1.82, 2.24) is 5.32 Å². The summed E-state index contributed by atoms with van der Waals surface area (Å²) in [5, 5.41) is 3.09. The molecule has 2 unspecified atom stereocenters. The first-order chi connectivity index (χ1) is 8.41. The van der Waals surface area contributed by atoms with Crippen LogP contribution in [-0.2, 0) is 9.84 Å². The maximum Gasteiger partial charge on any atom is 0.153 e. The lowest BCUT2D eigenvalue weighted by atomic mass is 10.1. The summed E-state index contributed by atoms with van der Waals surface area (Å²) in [6.07, 6.45) is 0.651. The lowest BCUT2D eigenvalue weighted by Gasteiger charge is -2.30. The van der Waals surface area contributed by atoms with E-state index in [1.807, 2.05) is 6.92 Å². The van der Waals surface area contributed by atoms with Gasteiger partial charge >= 0.3 is 0 Å². The van der Waals surface area contributed by atoms with E-state index in [1.165, 1.54) is 6.07 Å². The van der Waals surface area contributed by atoms with Crippen LogP contribution in [0, 0.1) is 11.6 Å². The molecule has 0 amide bonds. The van der Waals surface area contributed by atoms with Gasteiger partial charge in [0, 0.05) is 23.7 Å². The lowest BCUT2D eigenvalue weighted by molar-refractivity contribution is 0.428. The molecule has 1 aliphatic heterocycles. The zero-order chi connectivity index (χ0) is 13.3. The SMILES string of the molecule is CCC1CS(=O)(=O)CC(c2ccc(F)cc2F)N1. The van der Waals surface area contributed by atoms with Crippen molar-refractivity contribution in [1.29, 1.82) is 0 Å². The van der Waals surface area contributed by atoms with Crippen LogP contribution in [0.25, 0.3) is 0 Å². The van der Waals surface area contributed by atoms with E-state index in [1.54, 1.807) is 0 Å². The molecule has 0 bridgehead atoms. The minimum absolute atomic E-state index is 0.0722. The molecule has 1 N–H and O–H groups in total. The van der Waals surface area contributed by atoms with Gasteiger partial charge in [0.15, 0.2) is 9.84 Å². The molecular formula is C12H15F2NO2S. The van der Waals surface area contributed by atoms with Crippen molar-refractivity contribution in [3.8, 4) is 0 Å². The van der Waals surface area contributed by atoms with Gasteiger partial charge in [-0.3, -0.25) is 0 Å². The topological polar surface area (TPSA) is 46.2 Å². The Labute approximate surface area is 105 Å². The first kappa shape index (κ1) is 13.4. The van der Waals surface area contributed by atoms with Gasteiger partial charge in [-0.15, -0.1) is 0 Å². The van der Waals surface area contributed by atoms with Gasteiger partial charge in [-0.25, -0.2) is 17.2 Å². The van der Waals surface area contributed by atoms with Crippen LogP contribution in [0.1, 0.15) is 24.9 Å². The van der Waals surface area contributed by atoms with Gasteiger partial charge in [0.1, 0.15) is 11.6 Å². The summed E-state index contributed by atoms with van der Waals surface area (Å²) in [6.45, 7) is 1.87. The molecule has 0 aromatic heterocycles. The van der Waals surface area contributed by atoms with E-state index in [9.17, 15) is 17.2 Å². The van der Waals surface area contributed by atoms with Gasteiger partial charge in [-0.2, -0.15) is 0 Å². The normalized spacial score (nSPS) is 27.1. The van der Waals surface area contributed by atoms with E-state index in [-0.39, 0.29) is 23.1 Å². The highest BCUT2D eigenvalue weighted by molar-refractivity contribution is 7.91. The summed E-state index contributed by atoms with van der Waals surface area (Å²) < 4.78 is 50.0. The van der Waals surface area contributed by atoms with Crippen molar-refractivity contribution in [3.05, 3.63) is 35.4 Å². The zero-order valence-corrected chi connectivity index (χ0v) is 10.8. The van der Waals surface area contributed by atoms with Gasteiger partial charge in [-0.05, 0) is 12.5 Å². The fourth-order valence-corrected chi connectivity index (χ4v) is 4.07. The molecule has 2 atom stereocenters. The Balaban J connectivity index is 2.32. The Kier molecular flexibility index (Phi) is 3.68. The van der Waals surface area contributed by atoms with Gasteiger partial charge in [0.2, 0.25) is 0 Å².